The van der Waals surface area contributed by atoms with E-state index in [1.165, 1.54) is 12.8 Å². The highest BCUT2D eigenvalue weighted by Crippen LogP contribution is 2.36. The molecule has 1 aliphatic rings. The molecule has 0 aromatic heterocycles. The van der Waals surface area contributed by atoms with Crippen LogP contribution in [-0.4, -0.2) is 15.2 Å². The molecular formula is C12H21NOS. The normalized spacial score (nSPS) is 23.3. The predicted molar refractivity (Wildman–Crippen MR) is 63.9 cm³/mol. The molecule has 2 nitrogen and oxygen atoms in total. The number of hydrogen-bond donors (Lipinski definition) is 0. The van der Waals surface area contributed by atoms with Crippen molar-refractivity contribution in [3.05, 3.63) is 0 Å². The molecule has 0 N–H and O–H groups in total. The zero-order chi connectivity index (χ0) is 11.3. The quantitative estimate of drug-likeness (QED) is 0.693. The Morgan fingerprint density at radius 1 is 1.40 bits per heavy atom. The summed E-state index contributed by atoms with van der Waals surface area (Å²) in [4.78, 5) is 0. The highest BCUT2D eigenvalue weighted by molar-refractivity contribution is 7.85. The third kappa shape index (κ3) is 4.34. The lowest BCUT2D eigenvalue weighted by Crippen LogP contribution is -2.28. The molecule has 1 aliphatic carbocycles. The largest absolute Gasteiger partial charge is 0.259 e. The number of nitrogens with zero attached hydrogens (tertiary/aromatic N) is 1. The number of unbranched alkanes of at least 4 members (excludes halogenated alkanes) is 1. The minimum Gasteiger partial charge on any atom is -0.259 e. The van der Waals surface area contributed by atoms with Gasteiger partial charge >= 0.3 is 0 Å². The monoisotopic (exact) mass is 227 g/mol. The van der Waals surface area contributed by atoms with E-state index in [4.69, 9.17) is 5.26 Å². The lowest BCUT2D eigenvalue weighted by Gasteiger charge is -2.33. The van der Waals surface area contributed by atoms with E-state index < -0.39 is 10.8 Å². The summed E-state index contributed by atoms with van der Waals surface area (Å²) in [5.74, 6) is 0.721. The lowest BCUT2D eigenvalue weighted by molar-refractivity contribution is 0.248. The highest BCUT2D eigenvalue weighted by Gasteiger charge is 2.29. The van der Waals surface area contributed by atoms with Gasteiger partial charge in [-0.2, -0.15) is 5.26 Å². The van der Waals surface area contributed by atoms with Crippen molar-refractivity contribution in [2.24, 2.45) is 5.41 Å². The van der Waals surface area contributed by atoms with Crippen LogP contribution in [0.3, 0.4) is 0 Å². The predicted octanol–water partition coefficient (Wildman–Crippen LogP) is 3.01. The first-order valence-electron chi connectivity index (χ1n) is 5.79. The summed E-state index contributed by atoms with van der Waals surface area (Å²) in [5, 5.41) is 8.81. The van der Waals surface area contributed by atoms with Crippen LogP contribution >= 0.6 is 0 Å². The first kappa shape index (κ1) is 12.7. The van der Waals surface area contributed by atoms with Crippen LogP contribution in [0.4, 0.5) is 0 Å². The third-order valence-corrected chi connectivity index (χ3v) is 5.20. The molecular weight excluding hydrogens is 206 g/mol. The van der Waals surface area contributed by atoms with Crippen LogP contribution in [0, 0.1) is 16.7 Å². The van der Waals surface area contributed by atoms with Gasteiger partial charge in [0.05, 0.1) is 6.07 Å². The Morgan fingerprint density at radius 2 is 2.00 bits per heavy atom. The van der Waals surface area contributed by atoms with Crippen molar-refractivity contribution in [2.45, 2.75) is 57.6 Å². The van der Waals surface area contributed by atoms with Crippen molar-refractivity contribution in [1.29, 1.82) is 5.26 Å². The lowest BCUT2D eigenvalue weighted by atomic mass is 9.77. The molecule has 1 fully saturated rings. The van der Waals surface area contributed by atoms with Gasteiger partial charge in [0.2, 0.25) is 0 Å². The van der Waals surface area contributed by atoms with Crippen molar-refractivity contribution < 1.29 is 4.21 Å². The van der Waals surface area contributed by atoms with E-state index in [0.29, 0.717) is 17.1 Å². The Hall–Kier alpha value is -0.360. The number of hydrogen-bond acceptors (Lipinski definition) is 2. The van der Waals surface area contributed by atoms with Gasteiger partial charge in [0.25, 0.3) is 0 Å². The highest BCUT2D eigenvalue weighted by atomic mass is 32.2. The SMILES string of the molecule is CC1(C)CCC(S(=O)CCCC#N)CC1. The molecule has 15 heavy (non-hydrogen) atoms. The third-order valence-electron chi connectivity index (χ3n) is 3.29. The summed E-state index contributed by atoms with van der Waals surface area (Å²) in [5.41, 5.74) is 0.452. The summed E-state index contributed by atoms with van der Waals surface area (Å²) in [6.07, 6.45) is 5.94. The standard InChI is InChI=1S/C12H21NOS/c1-12(2)7-5-11(6-8-12)15(14)10-4-3-9-13/h11H,3-8,10H2,1-2H3. The Kier molecular flexibility index (Phi) is 4.79. The second kappa shape index (κ2) is 5.65. The molecule has 1 saturated carbocycles. The van der Waals surface area contributed by atoms with E-state index in [0.717, 1.165) is 25.0 Å². The van der Waals surface area contributed by atoms with E-state index in [2.05, 4.69) is 19.9 Å². The zero-order valence-corrected chi connectivity index (χ0v) is 10.6. The van der Waals surface area contributed by atoms with E-state index in [9.17, 15) is 4.21 Å². The van der Waals surface area contributed by atoms with Gasteiger partial charge in [0, 0.05) is 28.2 Å². The molecule has 1 atom stereocenters. The van der Waals surface area contributed by atoms with Gasteiger partial charge in [-0.3, -0.25) is 4.21 Å². The molecule has 0 aliphatic heterocycles. The van der Waals surface area contributed by atoms with Gasteiger partial charge in [-0.05, 0) is 37.5 Å². The van der Waals surface area contributed by atoms with Crippen molar-refractivity contribution >= 4 is 10.8 Å². The van der Waals surface area contributed by atoms with Gasteiger partial charge in [0.15, 0.2) is 0 Å². The maximum Gasteiger partial charge on any atom is 0.0622 e. The van der Waals surface area contributed by atoms with Gasteiger partial charge in [0.1, 0.15) is 0 Å². The molecule has 1 rings (SSSR count). The van der Waals surface area contributed by atoms with Crippen molar-refractivity contribution in [3.63, 3.8) is 0 Å². The topological polar surface area (TPSA) is 40.9 Å². The van der Waals surface area contributed by atoms with E-state index >= 15 is 0 Å². The Labute approximate surface area is 95.5 Å². The van der Waals surface area contributed by atoms with Crippen molar-refractivity contribution in [3.8, 4) is 6.07 Å². The second-order valence-electron chi connectivity index (χ2n) is 5.21. The Morgan fingerprint density at radius 3 is 2.53 bits per heavy atom. The second-order valence-corrected chi connectivity index (χ2v) is 7.05. The first-order chi connectivity index (χ1) is 7.05. The van der Waals surface area contributed by atoms with Gasteiger partial charge < -0.3 is 0 Å². The summed E-state index contributed by atoms with van der Waals surface area (Å²) in [6, 6.07) is 2.10. The van der Waals surface area contributed by atoms with Crippen LogP contribution in [-0.2, 0) is 10.8 Å². The van der Waals surface area contributed by atoms with Crippen molar-refractivity contribution in [1.82, 2.24) is 0 Å². The maximum atomic E-state index is 11.9. The summed E-state index contributed by atoms with van der Waals surface area (Å²) >= 11 is 0. The fraction of sp³-hybridized carbons (Fsp3) is 0.917. The summed E-state index contributed by atoms with van der Waals surface area (Å²) in [6.45, 7) is 4.59. The molecule has 86 valence electrons. The molecule has 1 unspecified atom stereocenters. The molecule has 3 heteroatoms. The molecule has 0 bridgehead atoms. The van der Waals surface area contributed by atoms with E-state index in [1.807, 2.05) is 0 Å². The molecule has 0 radical (unpaired) electrons. The van der Waals surface area contributed by atoms with E-state index in [1.54, 1.807) is 0 Å². The summed E-state index contributed by atoms with van der Waals surface area (Å²) in [7, 11) is -0.692. The van der Waals surface area contributed by atoms with Crippen LogP contribution in [0.2, 0.25) is 0 Å². The zero-order valence-electron chi connectivity index (χ0n) is 9.79. The van der Waals surface area contributed by atoms with Crippen LogP contribution < -0.4 is 0 Å². The van der Waals surface area contributed by atoms with Crippen LogP contribution in [0.5, 0.6) is 0 Å². The average molecular weight is 227 g/mol. The minimum absolute atomic E-state index is 0.400. The Balaban J connectivity index is 2.28. The molecule has 0 amide bonds. The van der Waals surface area contributed by atoms with Gasteiger partial charge in [-0.1, -0.05) is 13.8 Å². The molecule has 0 aromatic carbocycles. The van der Waals surface area contributed by atoms with Crippen LogP contribution in [0.25, 0.3) is 0 Å². The minimum atomic E-state index is -0.692. The molecule has 0 heterocycles. The van der Waals surface area contributed by atoms with Gasteiger partial charge in [-0.15, -0.1) is 0 Å². The summed E-state index contributed by atoms with van der Waals surface area (Å²) < 4.78 is 11.9. The van der Waals surface area contributed by atoms with Crippen LogP contribution in [0.15, 0.2) is 0 Å². The van der Waals surface area contributed by atoms with Crippen molar-refractivity contribution in [2.75, 3.05) is 5.75 Å². The fourth-order valence-corrected chi connectivity index (χ4v) is 3.62. The molecule has 0 spiro atoms. The smallest absolute Gasteiger partial charge is 0.0622 e. The number of rotatable bonds is 4. The Bertz CT molecular complexity index is 257. The van der Waals surface area contributed by atoms with Crippen LogP contribution in [0.1, 0.15) is 52.4 Å². The average Bonchev–Trinajstić information content (AvgIpc) is 2.18. The maximum absolute atomic E-state index is 11.9. The van der Waals surface area contributed by atoms with E-state index in [-0.39, 0.29) is 0 Å². The molecule has 0 aromatic rings. The fourth-order valence-electron chi connectivity index (χ4n) is 2.10. The molecule has 0 saturated heterocycles. The first-order valence-corrected chi connectivity index (χ1v) is 7.17. The van der Waals surface area contributed by atoms with Gasteiger partial charge in [-0.25, -0.2) is 0 Å². The number of nitriles is 1.